The van der Waals surface area contributed by atoms with Crippen LogP contribution in [0.2, 0.25) is 5.02 Å². The van der Waals surface area contributed by atoms with Crippen LogP contribution in [0.25, 0.3) is 11.0 Å². The summed E-state index contributed by atoms with van der Waals surface area (Å²) in [7, 11) is 0. The van der Waals surface area contributed by atoms with Crippen LogP contribution in [0.4, 0.5) is 0 Å². The SMILES string of the molecule is O=C(NC1CCC(O)CC1)c1cc2cc(Cl)ccc2o1. The third-order valence-electron chi connectivity index (χ3n) is 3.73. The van der Waals surface area contributed by atoms with Crippen LogP contribution in [0.5, 0.6) is 0 Å². The first-order valence-electron chi connectivity index (χ1n) is 6.80. The number of benzene rings is 1. The van der Waals surface area contributed by atoms with E-state index in [2.05, 4.69) is 5.32 Å². The fourth-order valence-corrected chi connectivity index (χ4v) is 2.78. The lowest BCUT2D eigenvalue weighted by Crippen LogP contribution is -2.38. The van der Waals surface area contributed by atoms with Crippen LogP contribution in [0, 0.1) is 0 Å². The summed E-state index contributed by atoms with van der Waals surface area (Å²) in [5.41, 5.74) is 0.651. The van der Waals surface area contributed by atoms with E-state index in [1.807, 2.05) is 0 Å². The number of carbonyl (C=O) groups excluding carboxylic acids is 1. The lowest BCUT2D eigenvalue weighted by Gasteiger charge is -2.25. The lowest BCUT2D eigenvalue weighted by molar-refractivity contribution is 0.0845. The van der Waals surface area contributed by atoms with Crippen molar-refractivity contribution < 1.29 is 14.3 Å². The quantitative estimate of drug-likeness (QED) is 0.894. The van der Waals surface area contributed by atoms with Gasteiger partial charge in [-0.3, -0.25) is 4.79 Å². The molecule has 1 aliphatic rings. The second-order valence-corrected chi connectivity index (χ2v) is 5.71. The van der Waals surface area contributed by atoms with Gasteiger partial charge >= 0.3 is 0 Å². The molecule has 0 spiro atoms. The zero-order valence-electron chi connectivity index (χ0n) is 10.9. The van der Waals surface area contributed by atoms with E-state index in [-0.39, 0.29) is 18.1 Å². The number of nitrogens with one attached hydrogen (secondary N) is 1. The maximum Gasteiger partial charge on any atom is 0.287 e. The number of aliphatic hydroxyl groups is 1. The van der Waals surface area contributed by atoms with E-state index in [4.69, 9.17) is 16.0 Å². The van der Waals surface area contributed by atoms with Crippen LogP contribution in [0.3, 0.4) is 0 Å². The number of carbonyl (C=O) groups is 1. The number of fused-ring (bicyclic) bond motifs is 1. The molecule has 2 N–H and O–H groups in total. The highest BCUT2D eigenvalue weighted by atomic mass is 35.5. The first-order chi connectivity index (χ1) is 9.61. The Hall–Kier alpha value is -1.52. The molecule has 0 aliphatic heterocycles. The predicted molar refractivity (Wildman–Crippen MR) is 77.0 cm³/mol. The highest BCUT2D eigenvalue weighted by Gasteiger charge is 2.22. The maximum atomic E-state index is 12.1. The zero-order chi connectivity index (χ0) is 14.1. The molecule has 4 nitrogen and oxygen atoms in total. The van der Waals surface area contributed by atoms with Crippen molar-refractivity contribution in [2.75, 3.05) is 0 Å². The van der Waals surface area contributed by atoms with Gasteiger partial charge in [-0.05, 0) is 49.9 Å². The Balaban J connectivity index is 1.72. The number of furan rings is 1. The topological polar surface area (TPSA) is 62.5 Å². The highest BCUT2D eigenvalue weighted by molar-refractivity contribution is 6.31. The summed E-state index contributed by atoms with van der Waals surface area (Å²) in [6.07, 6.45) is 2.86. The molecule has 2 aromatic rings. The molecule has 3 rings (SSSR count). The standard InChI is InChI=1S/C15H16ClNO3/c16-10-1-6-13-9(7-10)8-14(20-13)15(19)17-11-2-4-12(18)5-3-11/h1,6-8,11-12,18H,2-5H2,(H,17,19). The number of hydrogen-bond acceptors (Lipinski definition) is 3. The van der Waals surface area contributed by atoms with Crippen LogP contribution >= 0.6 is 11.6 Å². The summed E-state index contributed by atoms with van der Waals surface area (Å²) in [5.74, 6) is 0.0899. The minimum absolute atomic E-state index is 0.114. The van der Waals surface area contributed by atoms with Gasteiger partial charge in [-0.15, -0.1) is 0 Å². The first kappa shape index (κ1) is 13.5. The van der Waals surface area contributed by atoms with E-state index in [1.165, 1.54) is 0 Å². The van der Waals surface area contributed by atoms with Crippen molar-refractivity contribution >= 4 is 28.5 Å². The molecule has 1 saturated carbocycles. The molecular formula is C15H16ClNO3. The van der Waals surface area contributed by atoms with E-state index in [0.29, 0.717) is 16.4 Å². The fraction of sp³-hybridized carbons (Fsp3) is 0.400. The molecular weight excluding hydrogens is 278 g/mol. The normalized spacial score (nSPS) is 22.9. The first-order valence-corrected chi connectivity index (χ1v) is 7.17. The van der Waals surface area contributed by atoms with Crippen molar-refractivity contribution in [1.29, 1.82) is 0 Å². The van der Waals surface area contributed by atoms with E-state index < -0.39 is 0 Å². The van der Waals surface area contributed by atoms with Gasteiger partial charge in [0.15, 0.2) is 5.76 Å². The molecule has 1 aliphatic carbocycles. The Kier molecular flexibility index (Phi) is 3.68. The van der Waals surface area contributed by atoms with Crippen molar-refractivity contribution in [3.63, 3.8) is 0 Å². The number of aliphatic hydroxyl groups excluding tert-OH is 1. The van der Waals surface area contributed by atoms with Crippen molar-refractivity contribution in [2.24, 2.45) is 0 Å². The van der Waals surface area contributed by atoms with Gasteiger partial charge in [-0.1, -0.05) is 11.6 Å². The Labute approximate surface area is 121 Å². The Morgan fingerprint density at radius 2 is 2.00 bits per heavy atom. The molecule has 0 unspecified atom stereocenters. The Morgan fingerprint density at radius 1 is 1.25 bits per heavy atom. The number of halogens is 1. The third kappa shape index (κ3) is 2.81. The van der Waals surface area contributed by atoms with Gasteiger partial charge in [0.1, 0.15) is 5.58 Å². The molecule has 1 fully saturated rings. The molecule has 106 valence electrons. The number of hydrogen-bond donors (Lipinski definition) is 2. The molecule has 0 atom stereocenters. The van der Waals surface area contributed by atoms with Crippen LogP contribution in [-0.4, -0.2) is 23.2 Å². The second-order valence-electron chi connectivity index (χ2n) is 5.27. The lowest BCUT2D eigenvalue weighted by atomic mass is 9.93. The summed E-state index contributed by atoms with van der Waals surface area (Å²) < 4.78 is 5.53. The van der Waals surface area contributed by atoms with E-state index in [9.17, 15) is 9.90 Å². The number of rotatable bonds is 2. The fourth-order valence-electron chi connectivity index (χ4n) is 2.60. The minimum atomic E-state index is -0.225. The molecule has 1 heterocycles. The smallest absolute Gasteiger partial charge is 0.287 e. The molecule has 0 saturated heterocycles. The molecule has 0 radical (unpaired) electrons. The summed E-state index contributed by atoms with van der Waals surface area (Å²) >= 11 is 5.91. The van der Waals surface area contributed by atoms with E-state index >= 15 is 0 Å². The van der Waals surface area contributed by atoms with E-state index in [0.717, 1.165) is 31.1 Å². The van der Waals surface area contributed by atoms with Crippen molar-refractivity contribution in [1.82, 2.24) is 5.32 Å². The van der Waals surface area contributed by atoms with Crippen LogP contribution in [-0.2, 0) is 0 Å². The molecule has 20 heavy (non-hydrogen) atoms. The van der Waals surface area contributed by atoms with Gasteiger partial charge < -0.3 is 14.8 Å². The number of amides is 1. The van der Waals surface area contributed by atoms with Crippen molar-refractivity contribution in [3.05, 3.63) is 35.0 Å². The molecule has 1 aromatic carbocycles. The van der Waals surface area contributed by atoms with Crippen LogP contribution in [0.15, 0.2) is 28.7 Å². The highest BCUT2D eigenvalue weighted by Crippen LogP contribution is 2.24. The Bertz CT molecular complexity index is 629. The maximum absolute atomic E-state index is 12.1. The predicted octanol–water partition coefficient (Wildman–Crippen LogP) is 3.12. The Morgan fingerprint density at radius 3 is 2.75 bits per heavy atom. The van der Waals surface area contributed by atoms with Gasteiger partial charge in [0.05, 0.1) is 6.10 Å². The van der Waals surface area contributed by atoms with Gasteiger partial charge in [0.2, 0.25) is 0 Å². The molecule has 5 heteroatoms. The van der Waals surface area contributed by atoms with Gasteiger partial charge in [0.25, 0.3) is 5.91 Å². The van der Waals surface area contributed by atoms with Crippen LogP contribution in [0.1, 0.15) is 36.2 Å². The summed E-state index contributed by atoms with van der Waals surface area (Å²) in [6.45, 7) is 0. The monoisotopic (exact) mass is 293 g/mol. The average molecular weight is 294 g/mol. The molecule has 0 bridgehead atoms. The zero-order valence-corrected chi connectivity index (χ0v) is 11.7. The van der Waals surface area contributed by atoms with Gasteiger partial charge in [-0.2, -0.15) is 0 Å². The minimum Gasteiger partial charge on any atom is -0.451 e. The summed E-state index contributed by atoms with van der Waals surface area (Å²) in [4.78, 5) is 12.1. The largest absolute Gasteiger partial charge is 0.451 e. The van der Waals surface area contributed by atoms with Crippen molar-refractivity contribution in [3.8, 4) is 0 Å². The van der Waals surface area contributed by atoms with E-state index in [1.54, 1.807) is 24.3 Å². The van der Waals surface area contributed by atoms with Crippen molar-refractivity contribution in [2.45, 2.75) is 37.8 Å². The van der Waals surface area contributed by atoms with Gasteiger partial charge in [0, 0.05) is 16.5 Å². The second kappa shape index (κ2) is 5.46. The molecule has 1 aromatic heterocycles. The summed E-state index contributed by atoms with van der Waals surface area (Å²) in [6, 6.07) is 7.08. The third-order valence-corrected chi connectivity index (χ3v) is 3.97. The summed E-state index contributed by atoms with van der Waals surface area (Å²) in [5, 5.41) is 13.8. The average Bonchev–Trinajstić information content (AvgIpc) is 2.84. The van der Waals surface area contributed by atoms with Gasteiger partial charge in [-0.25, -0.2) is 0 Å². The van der Waals surface area contributed by atoms with Crippen LogP contribution < -0.4 is 5.32 Å². The molecule has 1 amide bonds.